The quantitative estimate of drug-likeness (QED) is 0.440. The van der Waals surface area contributed by atoms with E-state index in [9.17, 15) is 0 Å². The van der Waals surface area contributed by atoms with E-state index < -0.39 is 0 Å². The van der Waals surface area contributed by atoms with Crippen LogP contribution in [0.3, 0.4) is 0 Å². The summed E-state index contributed by atoms with van der Waals surface area (Å²) in [5.74, 6) is 0.484. The van der Waals surface area contributed by atoms with E-state index in [4.69, 9.17) is 9.97 Å². The van der Waals surface area contributed by atoms with Crippen LogP contribution in [0.2, 0.25) is 0 Å². The van der Waals surface area contributed by atoms with E-state index in [1.54, 1.807) is 0 Å². The first-order valence-corrected chi connectivity index (χ1v) is 9.61. The fourth-order valence-corrected chi connectivity index (χ4v) is 3.83. The highest BCUT2D eigenvalue weighted by molar-refractivity contribution is 5.99. The largest absolute Gasteiger partial charge is 0.299 e. The Morgan fingerprint density at radius 3 is 2.54 bits per heavy atom. The van der Waals surface area contributed by atoms with Gasteiger partial charge in [-0.25, -0.2) is 4.98 Å². The van der Waals surface area contributed by atoms with E-state index in [1.165, 1.54) is 23.8 Å². The lowest BCUT2D eigenvalue weighted by atomic mass is 9.86. The van der Waals surface area contributed by atoms with Gasteiger partial charge in [0.1, 0.15) is 5.65 Å². The zero-order chi connectivity index (χ0) is 18.5. The summed E-state index contributed by atoms with van der Waals surface area (Å²) in [7, 11) is 0. The molecule has 134 valence electrons. The molecule has 0 fully saturated rings. The van der Waals surface area contributed by atoms with Crippen LogP contribution in [0.4, 0.5) is 0 Å². The smallest absolute Gasteiger partial charge is 0.147 e. The van der Waals surface area contributed by atoms with Gasteiger partial charge in [0, 0.05) is 22.7 Å². The van der Waals surface area contributed by atoms with Crippen molar-refractivity contribution in [2.45, 2.75) is 58.8 Å². The lowest BCUT2D eigenvalue weighted by molar-refractivity contribution is 0.568. The predicted octanol–water partition coefficient (Wildman–Crippen LogP) is 6.24. The minimum atomic E-state index is 0.0289. The van der Waals surface area contributed by atoms with Gasteiger partial charge in [0.25, 0.3) is 0 Å². The third-order valence-corrected chi connectivity index (χ3v) is 5.30. The lowest BCUT2D eigenvalue weighted by Crippen LogP contribution is -2.15. The number of hydrogen-bond donors (Lipinski definition) is 0. The van der Waals surface area contributed by atoms with Crippen LogP contribution in [0.5, 0.6) is 0 Å². The van der Waals surface area contributed by atoms with E-state index in [0.717, 1.165) is 27.9 Å². The topological polar surface area (TPSA) is 30.2 Å². The third-order valence-electron chi connectivity index (χ3n) is 5.30. The standard InChI is InChI=1S/C23H27N3/c1-6-9-15(2)16-14-20(23(3,4)5)24-18-12-13-26-19-11-8-7-10-17(19)25-22(26)21(16)18/h7-8,10-15H,6,9H2,1-5H3. The molecule has 0 aliphatic carbocycles. The van der Waals surface area contributed by atoms with Crippen LogP contribution in [0.1, 0.15) is 64.6 Å². The molecule has 26 heavy (non-hydrogen) atoms. The number of fused-ring (bicyclic) bond motifs is 5. The third kappa shape index (κ3) is 2.66. The zero-order valence-corrected chi connectivity index (χ0v) is 16.4. The fraction of sp³-hybridized carbons (Fsp3) is 0.391. The molecule has 0 bridgehead atoms. The van der Waals surface area contributed by atoms with Crippen LogP contribution >= 0.6 is 0 Å². The number of imidazole rings is 1. The SMILES string of the molecule is CCCC(C)c1cc(C(C)(C)C)nc2ccn3c4ccccc4nc3c12. The molecule has 3 aromatic heterocycles. The average Bonchev–Trinajstić information content (AvgIpc) is 2.99. The lowest BCUT2D eigenvalue weighted by Gasteiger charge is -2.22. The van der Waals surface area contributed by atoms with Crippen molar-refractivity contribution in [3.8, 4) is 0 Å². The molecule has 4 rings (SSSR count). The van der Waals surface area contributed by atoms with Crippen LogP contribution in [0.15, 0.2) is 42.6 Å². The van der Waals surface area contributed by atoms with Crippen LogP contribution in [-0.4, -0.2) is 14.4 Å². The molecule has 1 unspecified atom stereocenters. The molecular weight excluding hydrogens is 318 g/mol. The number of rotatable bonds is 3. The fourth-order valence-electron chi connectivity index (χ4n) is 3.83. The molecule has 0 aliphatic rings. The molecule has 0 aliphatic heterocycles. The molecule has 3 heteroatoms. The van der Waals surface area contributed by atoms with Crippen molar-refractivity contribution >= 4 is 27.6 Å². The predicted molar refractivity (Wildman–Crippen MR) is 110 cm³/mol. The van der Waals surface area contributed by atoms with E-state index in [-0.39, 0.29) is 5.41 Å². The van der Waals surface area contributed by atoms with Gasteiger partial charge < -0.3 is 0 Å². The summed E-state index contributed by atoms with van der Waals surface area (Å²) >= 11 is 0. The Bertz CT molecular complexity index is 1100. The maximum atomic E-state index is 5.02. The van der Waals surface area contributed by atoms with Crippen molar-refractivity contribution in [2.24, 2.45) is 0 Å². The monoisotopic (exact) mass is 345 g/mol. The molecule has 4 aromatic rings. The Morgan fingerprint density at radius 1 is 1.04 bits per heavy atom. The number of nitrogens with zero attached hydrogens (tertiary/aromatic N) is 3. The van der Waals surface area contributed by atoms with Gasteiger partial charge in [0.05, 0.1) is 16.6 Å². The Morgan fingerprint density at radius 2 is 1.81 bits per heavy atom. The van der Waals surface area contributed by atoms with Crippen molar-refractivity contribution in [1.29, 1.82) is 0 Å². The second kappa shape index (κ2) is 6.08. The Kier molecular flexibility index (Phi) is 3.98. The number of benzene rings is 1. The summed E-state index contributed by atoms with van der Waals surface area (Å²) < 4.78 is 2.21. The van der Waals surface area contributed by atoms with Crippen molar-refractivity contribution in [3.05, 3.63) is 53.9 Å². The minimum Gasteiger partial charge on any atom is -0.299 e. The van der Waals surface area contributed by atoms with E-state index in [1.807, 2.05) is 6.07 Å². The minimum absolute atomic E-state index is 0.0289. The highest BCUT2D eigenvalue weighted by Gasteiger charge is 2.22. The van der Waals surface area contributed by atoms with Gasteiger partial charge in [-0.1, -0.05) is 53.2 Å². The van der Waals surface area contributed by atoms with Gasteiger partial charge in [-0.05, 0) is 42.2 Å². The zero-order valence-electron chi connectivity index (χ0n) is 16.4. The van der Waals surface area contributed by atoms with Gasteiger partial charge in [0.2, 0.25) is 0 Å². The first-order valence-electron chi connectivity index (χ1n) is 9.61. The molecule has 0 spiro atoms. The molecule has 1 aromatic carbocycles. The summed E-state index contributed by atoms with van der Waals surface area (Å²) in [4.78, 5) is 9.98. The number of para-hydroxylation sites is 2. The first-order chi connectivity index (χ1) is 12.4. The first kappa shape index (κ1) is 17.0. The molecule has 0 N–H and O–H groups in total. The van der Waals surface area contributed by atoms with Crippen LogP contribution in [-0.2, 0) is 5.41 Å². The van der Waals surface area contributed by atoms with Gasteiger partial charge in [-0.15, -0.1) is 0 Å². The van der Waals surface area contributed by atoms with Crippen molar-refractivity contribution < 1.29 is 0 Å². The Labute approximate surface area is 155 Å². The van der Waals surface area contributed by atoms with Crippen molar-refractivity contribution in [1.82, 2.24) is 14.4 Å². The van der Waals surface area contributed by atoms with Gasteiger partial charge in [-0.2, -0.15) is 0 Å². The molecule has 0 saturated carbocycles. The summed E-state index contributed by atoms with van der Waals surface area (Å²) in [6.45, 7) is 11.3. The highest BCUT2D eigenvalue weighted by atomic mass is 15.0. The Balaban J connectivity index is 2.13. The summed E-state index contributed by atoms with van der Waals surface area (Å²) in [5.41, 5.74) is 6.83. The van der Waals surface area contributed by atoms with E-state index >= 15 is 0 Å². The van der Waals surface area contributed by atoms with Gasteiger partial charge >= 0.3 is 0 Å². The maximum Gasteiger partial charge on any atom is 0.147 e. The van der Waals surface area contributed by atoms with E-state index in [0.29, 0.717) is 5.92 Å². The highest BCUT2D eigenvalue weighted by Crippen LogP contribution is 2.35. The average molecular weight is 345 g/mol. The second-order valence-corrected chi connectivity index (χ2v) is 8.41. The molecule has 3 heterocycles. The van der Waals surface area contributed by atoms with Crippen LogP contribution < -0.4 is 0 Å². The summed E-state index contributed by atoms with van der Waals surface area (Å²) in [6.07, 6.45) is 4.46. The van der Waals surface area contributed by atoms with Gasteiger partial charge in [-0.3, -0.25) is 9.38 Å². The normalized spacial score (nSPS) is 13.7. The number of pyridine rings is 2. The number of aromatic nitrogens is 3. The van der Waals surface area contributed by atoms with E-state index in [2.05, 4.69) is 75.5 Å². The second-order valence-electron chi connectivity index (χ2n) is 8.41. The van der Waals surface area contributed by atoms with Crippen molar-refractivity contribution in [2.75, 3.05) is 0 Å². The Hall–Kier alpha value is -2.42. The van der Waals surface area contributed by atoms with Crippen molar-refractivity contribution in [3.63, 3.8) is 0 Å². The molecule has 0 amide bonds. The molecule has 1 atom stereocenters. The van der Waals surface area contributed by atoms with Gasteiger partial charge in [0.15, 0.2) is 0 Å². The summed E-state index contributed by atoms with van der Waals surface area (Å²) in [6, 6.07) is 12.8. The summed E-state index contributed by atoms with van der Waals surface area (Å²) in [5, 5.41) is 1.21. The molecular formula is C23H27N3. The van der Waals surface area contributed by atoms with Crippen LogP contribution in [0.25, 0.3) is 27.6 Å². The molecule has 0 saturated heterocycles. The maximum absolute atomic E-state index is 5.02. The number of hydrogen-bond acceptors (Lipinski definition) is 2. The molecule has 0 radical (unpaired) electrons. The molecule has 3 nitrogen and oxygen atoms in total. The van der Waals surface area contributed by atoms with Crippen LogP contribution in [0, 0.1) is 0 Å².